The number of nitriles is 1. The van der Waals surface area contributed by atoms with Crippen molar-refractivity contribution in [3.63, 3.8) is 0 Å². The maximum atomic E-state index is 9.26. The monoisotopic (exact) mass is 319 g/mol. The first-order chi connectivity index (χ1) is 11.8. The molecule has 0 saturated carbocycles. The standard InChI is InChI=1S/C19H17N3O2/c1-2-23-16-10-8-15(9-11-16)18-22-17(12-20)19(24-18)21-13-14-6-4-3-5-7-14/h3-11,21H,2,13H2,1H3. The van der Waals surface area contributed by atoms with Crippen molar-refractivity contribution in [1.29, 1.82) is 5.26 Å². The first-order valence-corrected chi connectivity index (χ1v) is 7.72. The highest BCUT2D eigenvalue weighted by molar-refractivity contribution is 5.59. The van der Waals surface area contributed by atoms with Crippen molar-refractivity contribution < 1.29 is 9.15 Å². The third-order valence-corrected chi connectivity index (χ3v) is 3.44. The van der Waals surface area contributed by atoms with Crippen molar-refractivity contribution in [1.82, 2.24) is 4.98 Å². The van der Waals surface area contributed by atoms with Gasteiger partial charge in [-0.25, -0.2) is 0 Å². The molecule has 0 aliphatic rings. The lowest BCUT2D eigenvalue weighted by atomic mass is 10.2. The van der Waals surface area contributed by atoms with Crippen LogP contribution in [-0.4, -0.2) is 11.6 Å². The lowest BCUT2D eigenvalue weighted by molar-refractivity contribution is 0.340. The van der Waals surface area contributed by atoms with E-state index in [1.807, 2.05) is 61.5 Å². The second-order valence-electron chi connectivity index (χ2n) is 5.11. The van der Waals surface area contributed by atoms with Crippen molar-refractivity contribution in [2.45, 2.75) is 13.5 Å². The predicted octanol–water partition coefficient (Wildman–Crippen LogP) is 4.22. The molecule has 0 atom stereocenters. The molecule has 1 heterocycles. The Morgan fingerprint density at radius 2 is 1.88 bits per heavy atom. The second-order valence-corrected chi connectivity index (χ2v) is 5.11. The number of aromatic nitrogens is 1. The van der Waals surface area contributed by atoms with Crippen LogP contribution < -0.4 is 10.1 Å². The van der Waals surface area contributed by atoms with E-state index in [0.717, 1.165) is 16.9 Å². The van der Waals surface area contributed by atoms with Gasteiger partial charge in [-0.15, -0.1) is 0 Å². The number of anilines is 1. The molecule has 3 aromatic rings. The maximum absolute atomic E-state index is 9.26. The Morgan fingerprint density at radius 1 is 1.12 bits per heavy atom. The smallest absolute Gasteiger partial charge is 0.232 e. The lowest BCUT2D eigenvalue weighted by Crippen LogP contribution is -1.99. The summed E-state index contributed by atoms with van der Waals surface area (Å²) in [5.74, 6) is 1.58. The highest BCUT2D eigenvalue weighted by Gasteiger charge is 2.14. The third kappa shape index (κ3) is 3.55. The number of oxazole rings is 1. The van der Waals surface area contributed by atoms with Gasteiger partial charge in [0, 0.05) is 12.1 Å². The highest BCUT2D eigenvalue weighted by Crippen LogP contribution is 2.27. The second kappa shape index (κ2) is 7.34. The molecule has 24 heavy (non-hydrogen) atoms. The van der Waals surface area contributed by atoms with Crippen LogP contribution in [0.4, 0.5) is 5.88 Å². The maximum Gasteiger partial charge on any atom is 0.232 e. The summed E-state index contributed by atoms with van der Waals surface area (Å²) in [7, 11) is 0. The molecule has 0 saturated heterocycles. The molecule has 0 aliphatic carbocycles. The molecule has 3 rings (SSSR count). The molecule has 0 unspecified atom stereocenters. The summed E-state index contributed by atoms with van der Waals surface area (Å²) in [6, 6.07) is 19.4. The minimum absolute atomic E-state index is 0.245. The van der Waals surface area contributed by atoms with Gasteiger partial charge in [0.2, 0.25) is 17.5 Å². The minimum Gasteiger partial charge on any atom is -0.494 e. The molecule has 0 radical (unpaired) electrons. The van der Waals surface area contributed by atoms with E-state index in [1.54, 1.807) is 0 Å². The zero-order valence-electron chi connectivity index (χ0n) is 13.3. The first-order valence-electron chi connectivity index (χ1n) is 7.72. The number of rotatable bonds is 6. The molecule has 5 nitrogen and oxygen atoms in total. The van der Waals surface area contributed by atoms with E-state index >= 15 is 0 Å². The van der Waals surface area contributed by atoms with E-state index in [2.05, 4.69) is 16.4 Å². The molecule has 5 heteroatoms. The van der Waals surface area contributed by atoms with Gasteiger partial charge in [-0.05, 0) is 36.8 Å². The van der Waals surface area contributed by atoms with Gasteiger partial charge in [-0.1, -0.05) is 30.3 Å². The van der Waals surface area contributed by atoms with E-state index in [1.165, 1.54) is 0 Å². The molecule has 0 bridgehead atoms. The van der Waals surface area contributed by atoms with Crippen molar-refractivity contribution in [3.8, 4) is 23.3 Å². The molecule has 0 aliphatic heterocycles. The summed E-state index contributed by atoms with van der Waals surface area (Å²) in [6.45, 7) is 3.11. The van der Waals surface area contributed by atoms with Crippen LogP contribution in [0.25, 0.3) is 11.5 Å². The largest absolute Gasteiger partial charge is 0.494 e. The SMILES string of the molecule is CCOc1ccc(-c2nc(C#N)c(NCc3ccccc3)o2)cc1. The average molecular weight is 319 g/mol. The van der Waals surface area contributed by atoms with E-state index < -0.39 is 0 Å². The van der Waals surface area contributed by atoms with E-state index in [4.69, 9.17) is 9.15 Å². The molecule has 1 N–H and O–H groups in total. The molecule has 0 amide bonds. The van der Waals surface area contributed by atoms with E-state index in [9.17, 15) is 5.26 Å². The van der Waals surface area contributed by atoms with Crippen LogP contribution in [0.3, 0.4) is 0 Å². The van der Waals surface area contributed by atoms with Gasteiger partial charge in [-0.2, -0.15) is 10.2 Å². The number of benzene rings is 2. The molecular weight excluding hydrogens is 302 g/mol. The summed E-state index contributed by atoms with van der Waals surface area (Å²) in [5, 5.41) is 12.4. The Labute approximate surface area is 140 Å². The van der Waals surface area contributed by atoms with Crippen LogP contribution in [0.15, 0.2) is 59.0 Å². The van der Waals surface area contributed by atoms with Gasteiger partial charge < -0.3 is 14.5 Å². The minimum atomic E-state index is 0.245. The van der Waals surface area contributed by atoms with Gasteiger partial charge in [-0.3, -0.25) is 0 Å². The van der Waals surface area contributed by atoms with Crippen molar-refractivity contribution in [3.05, 3.63) is 65.9 Å². The number of nitrogens with zero attached hydrogens (tertiary/aromatic N) is 2. The zero-order chi connectivity index (χ0) is 16.8. The third-order valence-electron chi connectivity index (χ3n) is 3.44. The Kier molecular flexibility index (Phi) is 4.78. The lowest BCUT2D eigenvalue weighted by Gasteiger charge is -2.03. The van der Waals surface area contributed by atoms with Gasteiger partial charge in [0.25, 0.3) is 0 Å². The summed E-state index contributed by atoms with van der Waals surface area (Å²) >= 11 is 0. The highest BCUT2D eigenvalue weighted by atomic mass is 16.5. The Hall–Kier alpha value is -3.26. The van der Waals surface area contributed by atoms with Crippen molar-refractivity contribution in [2.24, 2.45) is 0 Å². The fourth-order valence-electron chi connectivity index (χ4n) is 2.28. The van der Waals surface area contributed by atoms with Gasteiger partial charge in [0.05, 0.1) is 6.61 Å². The van der Waals surface area contributed by atoms with Crippen LogP contribution in [0, 0.1) is 11.3 Å². The molecule has 2 aromatic carbocycles. The average Bonchev–Trinajstić information content (AvgIpc) is 3.05. The molecule has 120 valence electrons. The summed E-state index contributed by atoms with van der Waals surface area (Å²) in [4.78, 5) is 4.26. The van der Waals surface area contributed by atoms with Crippen molar-refractivity contribution >= 4 is 5.88 Å². The summed E-state index contributed by atoms with van der Waals surface area (Å²) in [5.41, 5.74) is 2.14. The topological polar surface area (TPSA) is 71.1 Å². The number of ether oxygens (including phenoxy) is 1. The van der Waals surface area contributed by atoms with Crippen LogP contribution in [0.5, 0.6) is 5.75 Å². The van der Waals surface area contributed by atoms with E-state index in [0.29, 0.717) is 24.9 Å². The number of nitrogens with one attached hydrogen (secondary N) is 1. The quantitative estimate of drug-likeness (QED) is 0.736. The Balaban J connectivity index is 1.78. The zero-order valence-corrected chi connectivity index (χ0v) is 13.3. The first kappa shape index (κ1) is 15.6. The molecular formula is C19H17N3O2. The van der Waals surface area contributed by atoms with Gasteiger partial charge >= 0.3 is 0 Å². The summed E-state index contributed by atoms with van der Waals surface area (Å²) in [6.07, 6.45) is 0. The van der Waals surface area contributed by atoms with Crippen LogP contribution in [-0.2, 0) is 6.54 Å². The van der Waals surface area contributed by atoms with Crippen molar-refractivity contribution in [2.75, 3.05) is 11.9 Å². The van der Waals surface area contributed by atoms with Gasteiger partial charge in [0.1, 0.15) is 11.8 Å². The van der Waals surface area contributed by atoms with Crippen LogP contribution in [0.2, 0.25) is 0 Å². The van der Waals surface area contributed by atoms with Crippen LogP contribution in [0.1, 0.15) is 18.2 Å². The van der Waals surface area contributed by atoms with Gasteiger partial charge in [0.15, 0.2) is 0 Å². The molecule has 0 spiro atoms. The number of hydrogen-bond donors (Lipinski definition) is 1. The molecule has 1 aromatic heterocycles. The summed E-state index contributed by atoms with van der Waals surface area (Å²) < 4.78 is 11.1. The Morgan fingerprint density at radius 3 is 2.54 bits per heavy atom. The fourth-order valence-corrected chi connectivity index (χ4v) is 2.28. The predicted molar refractivity (Wildman–Crippen MR) is 91.6 cm³/mol. The fraction of sp³-hybridized carbons (Fsp3) is 0.158. The van der Waals surface area contributed by atoms with E-state index in [-0.39, 0.29) is 5.69 Å². The van der Waals surface area contributed by atoms with Crippen LogP contribution >= 0.6 is 0 Å². The normalized spacial score (nSPS) is 10.2. The number of hydrogen-bond acceptors (Lipinski definition) is 5. The Bertz CT molecular complexity index is 833. The molecule has 0 fully saturated rings.